The van der Waals surface area contributed by atoms with Crippen LogP contribution in [-0.2, 0) is 21.2 Å². The van der Waals surface area contributed by atoms with E-state index < -0.39 is 10.0 Å². The lowest BCUT2D eigenvalue weighted by Crippen LogP contribution is -2.33. The molecule has 0 bridgehead atoms. The van der Waals surface area contributed by atoms with Crippen LogP contribution in [0.4, 0.5) is 5.69 Å². The van der Waals surface area contributed by atoms with Crippen molar-refractivity contribution >= 4 is 56.4 Å². The lowest BCUT2D eigenvalue weighted by atomic mass is 10.2. The van der Waals surface area contributed by atoms with E-state index in [1.54, 1.807) is 17.0 Å². The average molecular weight is 450 g/mol. The molecule has 1 aliphatic heterocycles. The standard InChI is InChI=1S/C17H15Cl3N2O4S/c1-21-27(24,25)11-2-3-15-10(6-11)4-5-22(15)17(23)9-26-16-8-13(19)12(18)7-14(16)20/h2-3,6-8,21H,4-5,9H2,1H3. The number of carbonyl (C=O) groups excluding carboxylic acids is 1. The maximum Gasteiger partial charge on any atom is 0.264 e. The van der Waals surface area contributed by atoms with Crippen molar-refractivity contribution in [3.05, 3.63) is 51.0 Å². The van der Waals surface area contributed by atoms with Gasteiger partial charge in [0.05, 0.1) is 20.0 Å². The highest BCUT2D eigenvalue weighted by Crippen LogP contribution is 2.34. The van der Waals surface area contributed by atoms with Gasteiger partial charge in [-0.1, -0.05) is 34.8 Å². The van der Waals surface area contributed by atoms with E-state index in [0.29, 0.717) is 23.7 Å². The van der Waals surface area contributed by atoms with E-state index in [4.69, 9.17) is 39.5 Å². The van der Waals surface area contributed by atoms with Crippen molar-refractivity contribution in [3.63, 3.8) is 0 Å². The van der Waals surface area contributed by atoms with Crippen LogP contribution in [0.3, 0.4) is 0 Å². The summed E-state index contributed by atoms with van der Waals surface area (Å²) in [6.45, 7) is 0.198. The Morgan fingerprint density at radius 3 is 2.56 bits per heavy atom. The number of nitrogens with one attached hydrogen (secondary N) is 1. The number of carbonyl (C=O) groups is 1. The molecule has 0 aliphatic carbocycles. The van der Waals surface area contributed by atoms with E-state index in [2.05, 4.69) is 4.72 Å². The fourth-order valence-corrected chi connectivity index (χ4v) is 4.13. The SMILES string of the molecule is CNS(=O)(=O)c1ccc2c(c1)CCN2C(=O)COc1cc(Cl)c(Cl)cc1Cl. The van der Waals surface area contributed by atoms with Crippen molar-refractivity contribution in [1.29, 1.82) is 0 Å². The first-order chi connectivity index (χ1) is 12.7. The quantitative estimate of drug-likeness (QED) is 0.709. The third kappa shape index (κ3) is 4.17. The van der Waals surface area contributed by atoms with Gasteiger partial charge in [0.25, 0.3) is 5.91 Å². The van der Waals surface area contributed by atoms with Gasteiger partial charge in [-0.15, -0.1) is 0 Å². The van der Waals surface area contributed by atoms with Gasteiger partial charge in [0.15, 0.2) is 6.61 Å². The van der Waals surface area contributed by atoms with E-state index in [1.165, 1.54) is 25.2 Å². The Labute approximate surface area is 172 Å². The Bertz CT molecular complexity index is 1010. The number of ether oxygens (including phenoxy) is 1. The Balaban J connectivity index is 1.74. The molecule has 0 atom stereocenters. The molecule has 0 fully saturated rings. The molecule has 2 aromatic carbocycles. The van der Waals surface area contributed by atoms with Crippen molar-refractivity contribution in [3.8, 4) is 5.75 Å². The fraction of sp³-hybridized carbons (Fsp3) is 0.235. The first-order valence-corrected chi connectivity index (χ1v) is 10.5. The molecule has 0 saturated carbocycles. The van der Waals surface area contributed by atoms with Crippen LogP contribution < -0.4 is 14.4 Å². The van der Waals surface area contributed by atoms with E-state index >= 15 is 0 Å². The zero-order valence-corrected chi connectivity index (χ0v) is 17.2. The van der Waals surface area contributed by atoms with Crippen LogP contribution >= 0.6 is 34.8 Å². The Kier molecular flexibility index (Phi) is 5.88. The summed E-state index contributed by atoms with van der Waals surface area (Å²) in [7, 11) is -2.18. The average Bonchev–Trinajstić information content (AvgIpc) is 3.06. The maximum absolute atomic E-state index is 12.6. The van der Waals surface area contributed by atoms with Crippen LogP contribution in [0.15, 0.2) is 35.2 Å². The van der Waals surface area contributed by atoms with Gasteiger partial charge >= 0.3 is 0 Å². The van der Waals surface area contributed by atoms with Crippen molar-refractivity contribution in [2.45, 2.75) is 11.3 Å². The second-order valence-electron chi connectivity index (χ2n) is 5.78. The van der Waals surface area contributed by atoms with Crippen LogP contribution in [0, 0.1) is 0 Å². The summed E-state index contributed by atoms with van der Waals surface area (Å²) in [4.78, 5) is 14.3. The number of benzene rings is 2. The molecule has 3 rings (SSSR count). The summed E-state index contributed by atoms with van der Waals surface area (Å²) < 4.78 is 31.6. The molecule has 1 N–H and O–H groups in total. The third-order valence-corrected chi connectivity index (χ3v) is 6.58. The van der Waals surface area contributed by atoms with E-state index in [-0.39, 0.29) is 33.2 Å². The molecule has 1 heterocycles. The van der Waals surface area contributed by atoms with Crippen LogP contribution in [0.25, 0.3) is 0 Å². The molecule has 0 spiro atoms. The number of amides is 1. The molecule has 27 heavy (non-hydrogen) atoms. The minimum Gasteiger partial charge on any atom is -0.482 e. The topological polar surface area (TPSA) is 75.7 Å². The second kappa shape index (κ2) is 7.85. The van der Waals surface area contributed by atoms with Gasteiger partial charge in [0.1, 0.15) is 5.75 Å². The minimum atomic E-state index is -3.53. The number of hydrogen-bond donors (Lipinski definition) is 1. The van der Waals surface area contributed by atoms with E-state index in [1.807, 2.05) is 0 Å². The van der Waals surface area contributed by atoms with Crippen molar-refractivity contribution in [2.24, 2.45) is 0 Å². The normalized spacial score (nSPS) is 13.6. The molecule has 6 nitrogen and oxygen atoms in total. The Morgan fingerprint density at radius 2 is 1.85 bits per heavy atom. The molecule has 2 aromatic rings. The van der Waals surface area contributed by atoms with Gasteiger partial charge < -0.3 is 9.64 Å². The molecule has 1 amide bonds. The lowest BCUT2D eigenvalue weighted by molar-refractivity contribution is -0.120. The maximum atomic E-state index is 12.6. The van der Waals surface area contributed by atoms with Crippen molar-refractivity contribution in [2.75, 3.05) is 25.1 Å². The summed E-state index contributed by atoms with van der Waals surface area (Å²) >= 11 is 17.9. The van der Waals surface area contributed by atoms with Crippen LogP contribution in [-0.4, -0.2) is 34.5 Å². The number of hydrogen-bond acceptors (Lipinski definition) is 4. The van der Waals surface area contributed by atoms with Gasteiger partial charge in [-0.05, 0) is 43.3 Å². The summed E-state index contributed by atoms with van der Waals surface area (Å²) in [5.41, 5.74) is 1.45. The Morgan fingerprint density at radius 1 is 1.15 bits per heavy atom. The first kappa shape index (κ1) is 20.2. The number of rotatable bonds is 5. The third-order valence-electron chi connectivity index (χ3n) is 4.15. The van der Waals surface area contributed by atoms with Crippen LogP contribution in [0.1, 0.15) is 5.56 Å². The summed E-state index contributed by atoms with van der Waals surface area (Å²) in [6, 6.07) is 7.56. The number of fused-ring (bicyclic) bond motifs is 1. The first-order valence-electron chi connectivity index (χ1n) is 7.87. The smallest absolute Gasteiger partial charge is 0.264 e. The molecule has 0 saturated heterocycles. The zero-order valence-electron chi connectivity index (χ0n) is 14.1. The van der Waals surface area contributed by atoms with E-state index in [0.717, 1.165) is 5.56 Å². The predicted octanol–water partition coefficient (Wildman–Crippen LogP) is 3.52. The van der Waals surface area contributed by atoms with Crippen LogP contribution in [0.5, 0.6) is 5.75 Å². The minimum absolute atomic E-state index is 0.164. The molecule has 144 valence electrons. The largest absolute Gasteiger partial charge is 0.482 e. The molecule has 1 aliphatic rings. The molecule has 0 aromatic heterocycles. The molecule has 0 unspecified atom stereocenters. The highest BCUT2D eigenvalue weighted by molar-refractivity contribution is 7.89. The second-order valence-corrected chi connectivity index (χ2v) is 8.89. The van der Waals surface area contributed by atoms with E-state index in [9.17, 15) is 13.2 Å². The van der Waals surface area contributed by atoms with Gasteiger partial charge in [-0.3, -0.25) is 4.79 Å². The highest BCUT2D eigenvalue weighted by atomic mass is 35.5. The number of anilines is 1. The number of halogens is 3. The summed E-state index contributed by atoms with van der Waals surface area (Å²) in [6.07, 6.45) is 0.557. The van der Waals surface area contributed by atoms with Crippen LogP contribution in [0.2, 0.25) is 15.1 Å². The molecular formula is C17H15Cl3N2O4S. The Hall–Kier alpha value is -1.51. The van der Waals surface area contributed by atoms with Gasteiger partial charge in [-0.2, -0.15) is 0 Å². The van der Waals surface area contributed by atoms with Crippen molar-refractivity contribution < 1.29 is 17.9 Å². The molecule has 0 radical (unpaired) electrons. The van der Waals surface area contributed by atoms with Gasteiger partial charge in [0.2, 0.25) is 10.0 Å². The van der Waals surface area contributed by atoms with Crippen molar-refractivity contribution in [1.82, 2.24) is 4.72 Å². The monoisotopic (exact) mass is 448 g/mol. The number of sulfonamides is 1. The molecule has 10 heteroatoms. The predicted molar refractivity (Wildman–Crippen MR) is 106 cm³/mol. The molecular weight excluding hydrogens is 435 g/mol. The zero-order chi connectivity index (χ0) is 19.8. The highest BCUT2D eigenvalue weighted by Gasteiger charge is 2.27. The number of nitrogens with zero attached hydrogens (tertiary/aromatic N) is 1. The van der Waals surface area contributed by atoms with Gasteiger partial charge in [0, 0.05) is 18.3 Å². The summed E-state index contributed by atoms with van der Waals surface area (Å²) in [5, 5.41) is 0.815. The lowest BCUT2D eigenvalue weighted by Gasteiger charge is -2.18. The summed E-state index contributed by atoms with van der Waals surface area (Å²) in [5.74, 6) is -0.0191. The fourth-order valence-electron chi connectivity index (χ4n) is 2.75. The van der Waals surface area contributed by atoms with Gasteiger partial charge in [-0.25, -0.2) is 13.1 Å².